The Morgan fingerprint density at radius 1 is 0.759 bits per heavy atom. The molecule has 0 rings (SSSR count). The first-order chi connectivity index (χ1) is 14.0. The van der Waals surface area contributed by atoms with Crippen LogP contribution in [0.3, 0.4) is 0 Å². The maximum absolute atomic E-state index is 11.2. The minimum atomic E-state index is -0.699. The largest absolute Gasteiger partial charge is 0.480 e. The molecular formula is C26H49NO2. The van der Waals surface area contributed by atoms with Crippen LogP contribution >= 0.6 is 0 Å². The topological polar surface area (TPSA) is 40.5 Å². The van der Waals surface area contributed by atoms with E-state index in [1.165, 1.54) is 64.2 Å². The molecule has 0 aromatic carbocycles. The van der Waals surface area contributed by atoms with Gasteiger partial charge in [0.15, 0.2) is 0 Å². The normalized spacial score (nSPS) is 13.3. The van der Waals surface area contributed by atoms with Gasteiger partial charge in [-0.1, -0.05) is 77.4 Å². The summed E-state index contributed by atoms with van der Waals surface area (Å²) in [5.74, 6) is 0.659. The van der Waals surface area contributed by atoms with Crippen LogP contribution in [-0.2, 0) is 4.79 Å². The number of hydrogen-bond acceptors (Lipinski definition) is 2. The molecule has 0 saturated heterocycles. The average Bonchev–Trinajstić information content (AvgIpc) is 2.69. The van der Waals surface area contributed by atoms with Crippen LogP contribution < -0.4 is 0 Å². The van der Waals surface area contributed by atoms with Crippen molar-refractivity contribution in [3.8, 4) is 0 Å². The number of aliphatic carboxylic acids is 1. The number of nitrogens with zero attached hydrogens (tertiary/aromatic N) is 1. The molecule has 0 bridgehead atoms. The molecule has 0 fully saturated rings. The number of carbonyl (C=O) groups is 1. The summed E-state index contributed by atoms with van der Waals surface area (Å²) < 4.78 is 0. The van der Waals surface area contributed by atoms with Gasteiger partial charge in [0.2, 0.25) is 0 Å². The van der Waals surface area contributed by atoms with Crippen LogP contribution in [0, 0.1) is 11.8 Å². The molecule has 2 atom stereocenters. The highest BCUT2D eigenvalue weighted by molar-refractivity contribution is 5.69. The van der Waals surface area contributed by atoms with Crippen molar-refractivity contribution in [3.05, 3.63) is 25.3 Å². The molecule has 0 aliphatic rings. The summed E-state index contributed by atoms with van der Waals surface area (Å²) in [6.07, 6.45) is 21.3. The van der Waals surface area contributed by atoms with Crippen molar-refractivity contribution < 1.29 is 9.90 Å². The summed E-state index contributed by atoms with van der Waals surface area (Å²) in [5, 5.41) is 9.25. The molecule has 29 heavy (non-hydrogen) atoms. The highest BCUT2D eigenvalue weighted by atomic mass is 16.4. The Balaban J connectivity index is 3.95. The predicted octanol–water partition coefficient (Wildman–Crippen LogP) is 7.48. The summed E-state index contributed by atoms with van der Waals surface area (Å²) in [5.41, 5.74) is 0. The minimum absolute atomic E-state index is 0.183. The molecule has 3 heteroatoms. The number of carboxylic acids is 1. The molecule has 0 aliphatic carbocycles. The molecule has 0 aromatic heterocycles. The predicted molar refractivity (Wildman–Crippen MR) is 127 cm³/mol. The van der Waals surface area contributed by atoms with Crippen molar-refractivity contribution in [3.63, 3.8) is 0 Å². The van der Waals surface area contributed by atoms with Gasteiger partial charge in [0.1, 0.15) is 0 Å². The second kappa shape index (κ2) is 20.2. The number of rotatable bonds is 22. The van der Waals surface area contributed by atoms with Gasteiger partial charge in [0, 0.05) is 0 Å². The monoisotopic (exact) mass is 407 g/mol. The first kappa shape index (κ1) is 27.9. The second-order valence-corrected chi connectivity index (χ2v) is 9.02. The Morgan fingerprint density at radius 3 is 1.55 bits per heavy atom. The Kier molecular flexibility index (Phi) is 19.4. The lowest BCUT2D eigenvalue weighted by molar-refractivity contribution is -0.138. The van der Waals surface area contributed by atoms with Crippen molar-refractivity contribution in [1.29, 1.82) is 0 Å². The summed E-state index contributed by atoms with van der Waals surface area (Å²) >= 11 is 0. The van der Waals surface area contributed by atoms with Crippen molar-refractivity contribution in [2.45, 2.75) is 104 Å². The smallest absolute Gasteiger partial charge is 0.317 e. The van der Waals surface area contributed by atoms with Crippen molar-refractivity contribution in [1.82, 2.24) is 4.90 Å². The zero-order valence-electron chi connectivity index (χ0n) is 19.5. The molecule has 0 amide bonds. The minimum Gasteiger partial charge on any atom is -0.480 e. The number of carboxylic acid groups (broad SMARTS) is 1. The van der Waals surface area contributed by atoms with Crippen molar-refractivity contribution in [2.24, 2.45) is 11.8 Å². The Morgan fingerprint density at radius 2 is 1.17 bits per heavy atom. The lowest BCUT2D eigenvalue weighted by atomic mass is 9.97. The van der Waals surface area contributed by atoms with Crippen molar-refractivity contribution in [2.75, 3.05) is 19.6 Å². The molecule has 0 radical (unpaired) electrons. The highest BCUT2D eigenvalue weighted by Gasteiger charge is 2.13. The van der Waals surface area contributed by atoms with Crippen LogP contribution in [0.5, 0.6) is 0 Å². The fourth-order valence-corrected chi connectivity index (χ4v) is 3.83. The van der Waals surface area contributed by atoms with Gasteiger partial charge in [0.05, 0.1) is 6.54 Å². The lowest BCUT2D eigenvalue weighted by Crippen LogP contribution is -2.33. The Hall–Kier alpha value is -1.09. The third-order valence-electron chi connectivity index (χ3n) is 5.95. The Labute approximate surface area is 181 Å². The molecule has 0 aliphatic heterocycles. The maximum atomic E-state index is 11.2. The Bertz CT molecular complexity index is 378. The van der Waals surface area contributed by atoms with Gasteiger partial charge in [-0.2, -0.15) is 0 Å². The first-order valence-electron chi connectivity index (χ1n) is 12.2. The van der Waals surface area contributed by atoms with Crippen LogP contribution in [0.2, 0.25) is 0 Å². The fourth-order valence-electron chi connectivity index (χ4n) is 3.83. The number of unbranched alkanes of at least 4 members (excludes halogenated alkanes) is 8. The van der Waals surface area contributed by atoms with Gasteiger partial charge in [-0.25, -0.2) is 0 Å². The maximum Gasteiger partial charge on any atom is 0.317 e. The molecule has 3 nitrogen and oxygen atoms in total. The van der Waals surface area contributed by atoms with Crippen LogP contribution in [0.25, 0.3) is 0 Å². The summed E-state index contributed by atoms with van der Waals surface area (Å²) in [6, 6.07) is 0. The highest BCUT2D eigenvalue weighted by Crippen LogP contribution is 2.17. The first-order valence-corrected chi connectivity index (χ1v) is 12.2. The van der Waals surface area contributed by atoms with Crippen LogP contribution in [-0.4, -0.2) is 35.6 Å². The molecule has 0 heterocycles. The third kappa shape index (κ3) is 20.0. The zero-order chi connectivity index (χ0) is 21.7. The van der Waals surface area contributed by atoms with E-state index in [1.807, 2.05) is 12.2 Å². The van der Waals surface area contributed by atoms with Crippen LogP contribution in [0.4, 0.5) is 0 Å². The summed E-state index contributed by atoms with van der Waals surface area (Å²) in [4.78, 5) is 13.4. The van der Waals surface area contributed by atoms with Gasteiger partial charge < -0.3 is 5.11 Å². The number of hydrogen-bond donors (Lipinski definition) is 1. The lowest BCUT2D eigenvalue weighted by Gasteiger charge is -2.24. The van der Waals surface area contributed by atoms with Gasteiger partial charge in [-0.3, -0.25) is 9.69 Å². The zero-order valence-corrected chi connectivity index (χ0v) is 19.5. The van der Waals surface area contributed by atoms with E-state index < -0.39 is 5.97 Å². The molecular weight excluding hydrogens is 358 g/mol. The summed E-state index contributed by atoms with van der Waals surface area (Å²) in [7, 11) is 0. The second-order valence-electron chi connectivity index (χ2n) is 9.02. The standard InChI is InChI=1S/C26H49NO2/c1-5-7-9-11-13-15-17-24(3)19-21-27(23-26(28)29)22-20-25(4)18-16-14-12-10-8-6-2/h5-6,24-25H,1-2,7-23H2,3-4H3,(H,28,29). The van der Waals surface area contributed by atoms with E-state index in [4.69, 9.17) is 0 Å². The van der Waals surface area contributed by atoms with Gasteiger partial charge >= 0.3 is 5.97 Å². The summed E-state index contributed by atoms with van der Waals surface area (Å²) in [6.45, 7) is 14.2. The van der Waals surface area contributed by atoms with Crippen LogP contribution in [0.15, 0.2) is 25.3 Å². The van der Waals surface area contributed by atoms with Gasteiger partial charge in [-0.05, 0) is 63.5 Å². The molecule has 0 spiro atoms. The quantitative estimate of drug-likeness (QED) is 0.149. The van der Waals surface area contributed by atoms with E-state index in [1.54, 1.807) is 0 Å². The van der Waals surface area contributed by atoms with Crippen molar-refractivity contribution >= 4 is 5.97 Å². The van der Waals surface area contributed by atoms with E-state index >= 15 is 0 Å². The van der Waals surface area contributed by atoms with Gasteiger partial charge in [-0.15, -0.1) is 13.2 Å². The molecule has 1 N–H and O–H groups in total. The average molecular weight is 408 g/mol. The van der Waals surface area contributed by atoms with E-state index in [-0.39, 0.29) is 6.54 Å². The van der Waals surface area contributed by atoms with E-state index in [2.05, 4.69) is 31.9 Å². The molecule has 0 saturated carbocycles. The van der Waals surface area contributed by atoms with Crippen LogP contribution in [0.1, 0.15) is 104 Å². The molecule has 0 aromatic rings. The van der Waals surface area contributed by atoms with E-state index in [0.717, 1.165) is 38.8 Å². The van der Waals surface area contributed by atoms with E-state index in [0.29, 0.717) is 11.8 Å². The molecule has 2 unspecified atom stereocenters. The third-order valence-corrected chi connectivity index (χ3v) is 5.95. The fraction of sp³-hybridized carbons (Fsp3) is 0.808. The van der Waals surface area contributed by atoms with E-state index in [9.17, 15) is 9.90 Å². The number of allylic oxidation sites excluding steroid dienone is 2. The SMILES string of the molecule is C=CCCCCCCC(C)CCN(CCC(C)CCCCCCC=C)CC(=O)O. The van der Waals surface area contributed by atoms with Gasteiger partial charge in [0.25, 0.3) is 0 Å². The molecule has 170 valence electrons.